The van der Waals surface area contributed by atoms with Crippen LogP contribution in [0.5, 0.6) is 0 Å². The molecule has 0 aromatic heterocycles. The Kier molecular flexibility index (Phi) is 13.0. The first-order chi connectivity index (χ1) is 8.70. The standard InChI is InChI=1S/C12H26O6/c1-11(17-5-3-13)9-15-7-8-16-10-12(2)18-6-4-14/h11-14H,3-10H2,1-2H3. The zero-order chi connectivity index (χ0) is 13.6. The van der Waals surface area contributed by atoms with Gasteiger partial charge in [0.15, 0.2) is 0 Å². The highest BCUT2D eigenvalue weighted by Gasteiger charge is 2.03. The maximum atomic E-state index is 8.56. The molecule has 18 heavy (non-hydrogen) atoms. The molecule has 2 atom stereocenters. The monoisotopic (exact) mass is 266 g/mol. The van der Waals surface area contributed by atoms with Gasteiger partial charge in [-0.15, -0.1) is 0 Å². The van der Waals surface area contributed by atoms with E-state index in [2.05, 4.69) is 0 Å². The molecule has 0 saturated heterocycles. The highest BCUT2D eigenvalue weighted by atomic mass is 16.6. The zero-order valence-corrected chi connectivity index (χ0v) is 11.3. The Balaban J connectivity index is 3.19. The second-order valence-electron chi connectivity index (χ2n) is 3.96. The summed E-state index contributed by atoms with van der Waals surface area (Å²) in [5.74, 6) is 0. The van der Waals surface area contributed by atoms with Crippen LogP contribution >= 0.6 is 0 Å². The van der Waals surface area contributed by atoms with Crippen LogP contribution in [0.15, 0.2) is 0 Å². The highest BCUT2D eigenvalue weighted by Crippen LogP contribution is 1.94. The van der Waals surface area contributed by atoms with Crippen molar-refractivity contribution >= 4 is 0 Å². The van der Waals surface area contributed by atoms with E-state index >= 15 is 0 Å². The van der Waals surface area contributed by atoms with Crippen LogP contribution in [0.25, 0.3) is 0 Å². The van der Waals surface area contributed by atoms with E-state index in [1.54, 1.807) is 0 Å². The molecule has 0 fully saturated rings. The van der Waals surface area contributed by atoms with Gasteiger partial charge in [-0.2, -0.15) is 0 Å². The zero-order valence-electron chi connectivity index (χ0n) is 11.3. The molecule has 0 amide bonds. The van der Waals surface area contributed by atoms with Crippen molar-refractivity contribution in [2.24, 2.45) is 0 Å². The molecule has 0 aromatic carbocycles. The van der Waals surface area contributed by atoms with Gasteiger partial charge in [0.25, 0.3) is 0 Å². The van der Waals surface area contributed by atoms with Crippen LogP contribution in [-0.2, 0) is 18.9 Å². The third kappa shape index (κ3) is 12.2. The molecule has 0 aromatic rings. The summed E-state index contributed by atoms with van der Waals surface area (Å²) < 4.78 is 21.1. The number of aliphatic hydroxyl groups excluding tert-OH is 2. The van der Waals surface area contributed by atoms with Crippen LogP contribution < -0.4 is 0 Å². The lowest BCUT2D eigenvalue weighted by molar-refractivity contribution is -0.0499. The summed E-state index contributed by atoms with van der Waals surface area (Å²) in [6, 6.07) is 0. The van der Waals surface area contributed by atoms with Gasteiger partial charge >= 0.3 is 0 Å². The van der Waals surface area contributed by atoms with Gasteiger partial charge in [-0.25, -0.2) is 0 Å². The summed E-state index contributed by atoms with van der Waals surface area (Å²) in [6.07, 6.45) is -0.0482. The van der Waals surface area contributed by atoms with Crippen LogP contribution in [0, 0.1) is 0 Å². The summed E-state index contributed by atoms with van der Waals surface area (Å²) in [5.41, 5.74) is 0. The molecule has 6 heteroatoms. The number of ether oxygens (including phenoxy) is 4. The molecule has 6 nitrogen and oxygen atoms in total. The van der Waals surface area contributed by atoms with Gasteiger partial charge in [-0.1, -0.05) is 0 Å². The highest BCUT2D eigenvalue weighted by molar-refractivity contribution is 4.48. The Hall–Kier alpha value is -0.240. The van der Waals surface area contributed by atoms with Crippen molar-refractivity contribution < 1.29 is 29.2 Å². The van der Waals surface area contributed by atoms with Gasteiger partial charge in [-0.3, -0.25) is 0 Å². The van der Waals surface area contributed by atoms with Crippen LogP contribution in [0.2, 0.25) is 0 Å². The van der Waals surface area contributed by atoms with Crippen molar-refractivity contribution in [3.8, 4) is 0 Å². The molecule has 0 bridgehead atoms. The normalized spacial score (nSPS) is 14.7. The lowest BCUT2D eigenvalue weighted by Gasteiger charge is -2.14. The molecular formula is C12H26O6. The fraction of sp³-hybridized carbons (Fsp3) is 1.00. The summed E-state index contributed by atoms with van der Waals surface area (Å²) in [5, 5.41) is 17.1. The predicted octanol–water partition coefficient (Wildman–Crippen LogP) is -0.186. The molecule has 0 spiro atoms. The average Bonchev–Trinajstić information content (AvgIpc) is 2.37. The van der Waals surface area contributed by atoms with Crippen LogP contribution in [0.1, 0.15) is 13.8 Å². The maximum Gasteiger partial charge on any atom is 0.0781 e. The molecule has 0 aliphatic carbocycles. The average molecular weight is 266 g/mol. The Morgan fingerprint density at radius 2 is 1.11 bits per heavy atom. The van der Waals surface area contributed by atoms with E-state index in [0.717, 1.165) is 0 Å². The minimum absolute atomic E-state index is 0.0241. The number of aliphatic hydroxyl groups is 2. The second kappa shape index (κ2) is 13.2. The minimum Gasteiger partial charge on any atom is -0.394 e. The summed E-state index contributed by atoms with van der Waals surface area (Å²) in [4.78, 5) is 0. The van der Waals surface area contributed by atoms with Crippen molar-refractivity contribution in [3.05, 3.63) is 0 Å². The molecular weight excluding hydrogens is 240 g/mol. The number of rotatable bonds is 13. The Morgan fingerprint density at radius 3 is 1.44 bits per heavy atom. The Bertz CT molecular complexity index is 149. The quantitative estimate of drug-likeness (QED) is 0.450. The first-order valence-electron chi connectivity index (χ1n) is 6.31. The topological polar surface area (TPSA) is 77.4 Å². The van der Waals surface area contributed by atoms with Gasteiger partial charge in [-0.05, 0) is 13.8 Å². The molecule has 2 N–H and O–H groups in total. The first-order valence-corrected chi connectivity index (χ1v) is 6.31. The van der Waals surface area contributed by atoms with Gasteiger partial charge in [0.05, 0.1) is 65.1 Å². The SMILES string of the molecule is CC(COCCOCC(C)OCCO)OCCO. The summed E-state index contributed by atoms with van der Waals surface area (Å²) >= 11 is 0. The molecule has 110 valence electrons. The fourth-order valence-corrected chi connectivity index (χ4v) is 1.22. The Morgan fingerprint density at radius 1 is 0.722 bits per heavy atom. The lowest BCUT2D eigenvalue weighted by Crippen LogP contribution is -2.21. The van der Waals surface area contributed by atoms with E-state index in [1.165, 1.54) is 0 Å². The molecule has 0 rings (SSSR count). The summed E-state index contributed by atoms with van der Waals surface area (Å²) in [7, 11) is 0. The largest absolute Gasteiger partial charge is 0.394 e. The van der Waals surface area contributed by atoms with Crippen molar-refractivity contribution in [2.45, 2.75) is 26.1 Å². The molecule has 0 aliphatic rings. The Labute approximate surface area is 109 Å². The maximum absolute atomic E-state index is 8.56. The van der Waals surface area contributed by atoms with Crippen molar-refractivity contribution in [1.82, 2.24) is 0 Å². The van der Waals surface area contributed by atoms with E-state index in [-0.39, 0.29) is 25.4 Å². The van der Waals surface area contributed by atoms with E-state index < -0.39 is 0 Å². The van der Waals surface area contributed by atoms with E-state index in [9.17, 15) is 0 Å². The predicted molar refractivity (Wildman–Crippen MR) is 66.6 cm³/mol. The van der Waals surface area contributed by atoms with Crippen molar-refractivity contribution in [3.63, 3.8) is 0 Å². The molecule has 0 heterocycles. The number of hydrogen-bond acceptors (Lipinski definition) is 6. The third-order valence-electron chi connectivity index (χ3n) is 2.06. The minimum atomic E-state index is -0.0241. The van der Waals surface area contributed by atoms with Crippen LogP contribution in [-0.4, -0.2) is 75.3 Å². The van der Waals surface area contributed by atoms with Gasteiger partial charge in [0.1, 0.15) is 0 Å². The molecule has 0 saturated carbocycles. The van der Waals surface area contributed by atoms with E-state index in [1.807, 2.05) is 13.8 Å². The van der Waals surface area contributed by atoms with Gasteiger partial charge in [0, 0.05) is 0 Å². The number of hydrogen-bond donors (Lipinski definition) is 2. The fourth-order valence-electron chi connectivity index (χ4n) is 1.22. The van der Waals surface area contributed by atoms with E-state index in [0.29, 0.717) is 39.6 Å². The molecule has 0 radical (unpaired) electrons. The van der Waals surface area contributed by atoms with Gasteiger partial charge in [0.2, 0.25) is 0 Å². The van der Waals surface area contributed by atoms with Crippen LogP contribution in [0.4, 0.5) is 0 Å². The smallest absolute Gasteiger partial charge is 0.0781 e. The summed E-state index contributed by atoms with van der Waals surface area (Å²) in [6.45, 7) is 6.47. The second-order valence-corrected chi connectivity index (χ2v) is 3.96. The molecule has 2 unspecified atom stereocenters. The van der Waals surface area contributed by atoms with Crippen molar-refractivity contribution in [2.75, 3.05) is 52.9 Å². The molecule has 0 aliphatic heterocycles. The third-order valence-corrected chi connectivity index (χ3v) is 2.06. The van der Waals surface area contributed by atoms with Gasteiger partial charge < -0.3 is 29.2 Å². The first kappa shape index (κ1) is 17.8. The van der Waals surface area contributed by atoms with Crippen LogP contribution in [0.3, 0.4) is 0 Å². The van der Waals surface area contributed by atoms with Crippen molar-refractivity contribution in [1.29, 1.82) is 0 Å². The lowest BCUT2D eigenvalue weighted by atomic mass is 10.4. The van der Waals surface area contributed by atoms with E-state index in [4.69, 9.17) is 29.2 Å².